The van der Waals surface area contributed by atoms with Crippen molar-refractivity contribution in [1.29, 1.82) is 0 Å². The van der Waals surface area contributed by atoms with Crippen molar-refractivity contribution in [3.8, 4) is 0 Å². The summed E-state index contributed by atoms with van der Waals surface area (Å²) >= 11 is 0. The maximum absolute atomic E-state index is 12.0. The number of hydrogen-bond donors (Lipinski definition) is 2. The summed E-state index contributed by atoms with van der Waals surface area (Å²) in [5.74, 6) is 0.520. The molecule has 3 atom stereocenters. The third-order valence-corrected chi connectivity index (χ3v) is 10.8. The van der Waals surface area contributed by atoms with Gasteiger partial charge in [-0.2, -0.15) is 0 Å². The summed E-state index contributed by atoms with van der Waals surface area (Å²) in [4.78, 5) is 12.0. The van der Waals surface area contributed by atoms with Crippen LogP contribution in [0.1, 0.15) is 51.6 Å². The van der Waals surface area contributed by atoms with Crippen molar-refractivity contribution in [2.24, 2.45) is 5.92 Å². The van der Waals surface area contributed by atoms with Gasteiger partial charge in [0.2, 0.25) is 5.91 Å². The van der Waals surface area contributed by atoms with E-state index >= 15 is 0 Å². The fraction of sp³-hybridized carbons (Fsp3) is 0.650. The van der Waals surface area contributed by atoms with Gasteiger partial charge >= 0.3 is 0 Å². The Morgan fingerprint density at radius 1 is 1.20 bits per heavy atom. The second kappa shape index (κ2) is 6.76. The molecule has 0 aromatic heterocycles. The molecule has 0 unspecified atom stereocenters. The van der Waals surface area contributed by atoms with E-state index < -0.39 is 8.32 Å². The second-order valence-electron chi connectivity index (χ2n) is 9.00. The third kappa shape index (κ3) is 3.77. The molecule has 5 heteroatoms. The first-order valence-electron chi connectivity index (χ1n) is 9.48. The Morgan fingerprint density at radius 2 is 1.92 bits per heavy atom. The van der Waals surface area contributed by atoms with Gasteiger partial charge in [0.1, 0.15) is 0 Å². The molecule has 0 bridgehead atoms. The van der Waals surface area contributed by atoms with Gasteiger partial charge in [-0.3, -0.25) is 4.79 Å². The molecule has 0 spiro atoms. The first kappa shape index (κ1) is 18.5. The number of hydrogen-bond acceptors (Lipinski definition) is 3. The lowest BCUT2D eigenvalue weighted by atomic mass is 9.81. The highest BCUT2D eigenvalue weighted by Crippen LogP contribution is 2.43. The van der Waals surface area contributed by atoms with E-state index in [9.17, 15) is 4.79 Å². The lowest BCUT2D eigenvalue weighted by Crippen LogP contribution is -2.41. The Labute approximate surface area is 152 Å². The number of amides is 1. The van der Waals surface area contributed by atoms with Crippen molar-refractivity contribution in [3.05, 3.63) is 29.8 Å². The Morgan fingerprint density at radius 3 is 2.64 bits per heavy atom. The van der Waals surface area contributed by atoms with Gasteiger partial charge in [-0.05, 0) is 42.6 Å². The standard InChI is InChI=1S/C20H32N2O2Si/c1-20(2,3)25(4,5)24-12-8-11-17-15-13-18(23)22-19(15)14-9-6-7-10-16(14)21-17/h6-7,9-10,15,17,19,21H,8,11-13H2,1-5H3,(H,22,23)/t15-,17-,19+/m0/s1. The van der Waals surface area contributed by atoms with Gasteiger partial charge in [0, 0.05) is 30.7 Å². The molecule has 1 amide bonds. The highest BCUT2D eigenvalue weighted by molar-refractivity contribution is 6.74. The van der Waals surface area contributed by atoms with Crippen molar-refractivity contribution in [2.75, 3.05) is 11.9 Å². The molecule has 1 fully saturated rings. The van der Waals surface area contributed by atoms with Crippen LogP contribution in [0.2, 0.25) is 18.1 Å². The van der Waals surface area contributed by atoms with Crippen LogP contribution in [0.5, 0.6) is 0 Å². The molecule has 0 saturated carbocycles. The van der Waals surface area contributed by atoms with Gasteiger partial charge in [0.15, 0.2) is 8.32 Å². The van der Waals surface area contributed by atoms with E-state index in [0.717, 1.165) is 19.4 Å². The normalized spacial score (nSPS) is 25.8. The zero-order valence-electron chi connectivity index (χ0n) is 16.2. The summed E-state index contributed by atoms with van der Waals surface area (Å²) < 4.78 is 6.32. The van der Waals surface area contributed by atoms with Crippen molar-refractivity contribution in [1.82, 2.24) is 5.32 Å². The number of carbonyl (C=O) groups excluding carboxylic acids is 1. The Balaban J connectivity index is 1.61. The first-order chi connectivity index (χ1) is 11.7. The fourth-order valence-electron chi connectivity index (χ4n) is 3.69. The molecular weight excluding hydrogens is 328 g/mol. The van der Waals surface area contributed by atoms with Gasteiger partial charge in [0.25, 0.3) is 0 Å². The largest absolute Gasteiger partial charge is 0.417 e. The van der Waals surface area contributed by atoms with Crippen LogP contribution >= 0.6 is 0 Å². The van der Waals surface area contributed by atoms with Crippen molar-refractivity contribution in [3.63, 3.8) is 0 Å². The SMILES string of the molecule is CC(C)(C)[Si](C)(C)OCCC[C@@H]1Nc2ccccc2[C@H]2NC(=O)C[C@@H]12. The zero-order valence-corrected chi connectivity index (χ0v) is 17.2. The quantitative estimate of drug-likeness (QED) is 0.602. The molecule has 1 aromatic carbocycles. The molecule has 4 nitrogen and oxygen atoms in total. The van der Waals surface area contributed by atoms with Gasteiger partial charge in [0.05, 0.1) is 6.04 Å². The highest BCUT2D eigenvalue weighted by Gasteiger charge is 2.42. The minimum absolute atomic E-state index is 0.163. The predicted octanol–water partition coefficient (Wildman–Crippen LogP) is 4.46. The predicted molar refractivity (Wildman–Crippen MR) is 105 cm³/mol. The fourth-order valence-corrected chi connectivity index (χ4v) is 4.78. The van der Waals surface area contributed by atoms with Crippen molar-refractivity contribution >= 4 is 19.9 Å². The van der Waals surface area contributed by atoms with Crippen LogP contribution in [0.15, 0.2) is 24.3 Å². The zero-order chi connectivity index (χ0) is 18.2. The van der Waals surface area contributed by atoms with E-state index in [0.29, 0.717) is 18.4 Å². The summed E-state index contributed by atoms with van der Waals surface area (Å²) in [6.45, 7) is 12.3. The van der Waals surface area contributed by atoms with Gasteiger partial charge in [-0.1, -0.05) is 39.0 Å². The van der Waals surface area contributed by atoms with Gasteiger partial charge in [-0.25, -0.2) is 0 Å². The van der Waals surface area contributed by atoms with Crippen LogP contribution < -0.4 is 10.6 Å². The van der Waals surface area contributed by atoms with Crippen LogP contribution in [0, 0.1) is 5.92 Å². The average molecular weight is 361 g/mol. The van der Waals surface area contributed by atoms with E-state index in [1.54, 1.807) is 0 Å². The molecule has 25 heavy (non-hydrogen) atoms. The highest BCUT2D eigenvalue weighted by atomic mass is 28.4. The van der Waals surface area contributed by atoms with Crippen LogP contribution in [0.4, 0.5) is 5.69 Å². The van der Waals surface area contributed by atoms with Gasteiger partial charge < -0.3 is 15.1 Å². The van der Waals surface area contributed by atoms with E-state index in [4.69, 9.17) is 4.43 Å². The van der Waals surface area contributed by atoms with Crippen molar-refractivity contribution in [2.45, 2.75) is 70.2 Å². The lowest BCUT2D eigenvalue weighted by Gasteiger charge is -2.38. The van der Waals surface area contributed by atoms with E-state index in [1.807, 2.05) is 0 Å². The first-order valence-corrected chi connectivity index (χ1v) is 12.4. The summed E-state index contributed by atoms with van der Waals surface area (Å²) in [5.41, 5.74) is 2.40. The smallest absolute Gasteiger partial charge is 0.220 e. The maximum atomic E-state index is 12.0. The summed E-state index contributed by atoms with van der Waals surface area (Å²) in [6, 6.07) is 8.85. The number of benzene rings is 1. The number of para-hydroxylation sites is 1. The third-order valence-electron chi connectivity index (χ3n) is 6.25. The monoisotopic (exact) mass is 360 g/mol. The molecule has 138 valence electrons. The average Bonchev–Trinajstić information content (AvgIpc) is 2.92. The molecule has 1 saturated heterocycles. The summed E-state index contributed by atoms with van der Waals surface area (Å²) in [5, 5.41) is 7.11. The van der Waals surface area contributed by atoms with Crippen LogP contribution in [0.25, 0.3) is 0 Å². The summed E-state index contributed by atoms with van der Waals surface area (Å²) in [6.07, 6.45) is 2.70. The van der Waals surface area contributed by atoms with Crippen molar-refractivity contribution < 1.29 is 9.22 Å². The number of carbonyl (C=O) groups is 1. The molecule has 2 aliphatic rings. The topological polar surface area (TPSA) is 50.4 Å². The second-order valence-corrected chi connectivity index (χ2v) is 13.8. The molecule has 2 heterocycles. The number of anilines is 1. The van der Waals surface area contributed by atoms with E-state index in [-0.39, 0.29) is 17.0 Å². The summed E-state index contributed by atoms with van der Waals surface area (Å²) in [7, 11) is -1.67. The Hall–Kier alpha value is -1.33. The number of fused-ring (bicyclic) bond motifs is 3. The molecule has 2 N–H and O–H groups in total. The van der Waals surface area contributed by atoms with Gasteiger partial charge in [-0.15, -0.1) is 0 Å². The lowest BCUT2D eigenvalue weighted by molar-refractivity contribution is -0.119. The minimum Gasteiger partial charge on any atom is -0.417 e. The molecular formula is C20H32N2O2Si. The molecule has 0 radical (unpaired) electrons. The molecule has 1 aromatic rings. The molecule has 3 rings (SSSR count). The Kier molecular flexibility index (Phi) is 4.99. The van der Waals surface area contributed by atoms with E-state index in [2.05, 4.69) is 68.8 Å². The molecule has 2 aliphatic heterocycles. The van der Waals surface area contributed by atoms with E-state index in [1.165, 1.54) is 11.3 Å². The van der Waals surface area contributed by atoms with Crippen LogP contribution in [-0.2, 0) is 9.22 Å². The maximum Gasteiger partial charge on any atom is 0.220 e. The van der Waals surface area contributed by atoms with Crippen LogP contribution in [-0.4, -0.2) is 26.9 Å². The number of rotatable bonds is 5. The Bertz CT molecular complexity index is 639. The molecule has 0 aliphatic carbocycles. The minimum atomic E-state index is -1.67. The van der Waals surface area contributed by atoms with Crippen LogP contribution in [0.3, 0.4) is 0 Å². The number of nitrogens with one attached hydrogen (secondary N) is 2.